The number of nitrogens with zero attached hydrogens (tertiary/aromatic N) is 1. The lowest BCUT2D eigenvalue weighted by Gasteiger charge is -2.25. The Morgan fingerprint density at radius 3 is 2.75 bits per heavy atom. The number of amides is 1. The second kappa shape index (κ2) is 5.59. The highest BCUT2D eigenvalue weighted by atomic mass is 16.3. The van der Waals surface area contributed by atoms with Gasteiger partial charge in [-0.05, 0) is 39.3 Å². The average molecular weight is 272 g/mol. The van der Waals surface area contributed by atoms with Crippen LogP contribution in [0.3, 0.4) is 0 Å². The first-order valence-electron chi connectivity index (χ1n) is 6.73. The van der Waals surface area contributed by atoms with E-state index in [2.05, 4.69) is 10.3 Å². The van der Waals surface area contributed by atoms with Crippen molar-refractivity contribution in [3.8, 4) is 0 Å². The van der Waals surface area contributed by atoms with Crippen LogP contribution >= 0.6 is 0 Å². The number of nitrogens with one attached hydrogen (secondary N) is 1. The maximum absolute atomic E-state index is 12.5. The van der Waals surface area contributed by atoms with Gasteiger partial charge in [-0.25, -0.2) is 0 Å². The molecule has 0 aliphatic carbocycles. The van der Waals surface area contributed by atoms with Crippen molar-refractivity contribution in [1.82, 2.24) is 10.3 Å². The lowest BCUT2D eigenvalue weighted by molar-refractivity contribution is 0.0901. The van der Waals surface area contributed by atoms with Crippen LogP contribution < -0.4 is 5.32 Å². The van der Waals surface area contributed by atoms with Crippen LogP contribution in [0, 0.1) is 6.92 Å². The average Bonchev–Trinajstić information content (AvgIpc) is 2.36. The van der Waals surface area contributed by atoms with Gasteiger partial charge in [0.25, 0.3) is 5.91 Å². The van der Waals surface area contributed by atoms with Gasteiger partial charge in [0.15, 0.2) is 0 Å². The van der Waals surface area contributed by atoms with Gasteiger partial charge in [0, 0.05) is 23.2 Å². The van der Waals surface area contributed by atoms with Crippen LogP contribution in [-0.4, -0.2) is 28.1 Å². The van der Waals surface area contributed by atoms with Crippen LogP contribution in [0.15, 0.2) is 30.3 Å². The summed E-state index contributed by atoms with van der Waals surface area (Å²) in [5, 5.41) is 12.8. The van der Waals surface area contributed by atoms with Gasteiger partial charge in [-0.15, -0.1) is 0 Å². The van der Waals surface area contributed by atoms with E-state index in [0.717, 1.165) is 16.6 Å². The third-order valence-corrected chi connectivity index (χ3v) is 3.28. The molecule has 0 aliphatic heterocycles. The van der Waals surface area contributed by atoms with E-state index in [-0.39, 0.29) is 12.5 Å². The molecule has 0 radical (unpaired) electrons. The molecule has 4 nitrogen and oxygen atoms in total. The van der Waals surface area contributed by atoms with Gasteiger partial charge in [0.05, 0.1) is 11.1 Å². The molecule has 0 atom stereocenters. The van der Waals surface area contributed by atoms with Gasteiger partial charge in [-0.2, -0.15) is 0 Å². The number of aryl methyl sites for hydroxylation is 1. The molecule has 1 aromatic heterocycles. The Kier molecular flexibility index (Phi) is 4.04. The second-order valence-electron chi connectivity index (χ2n) is 5.64. The number of rotatable bonds is 4. The van der Waals surface area contributed by atoms with Crippen LogP contribution in [-0.2, 0) is 0 Å². The number of benzene rings is 1. The van der Waals surface area contributed by atoms with E-state index in [4.69, 9.17) is 5.11 Å². The van der Waals surface area contributed by atoms with Crippen molar-refractivity contribution in [2.45, 2.75) is 32.7 Å². The summed E-state index contributed by atoms with van der Waals surface area (Å²) in [6, 6.07) is 9.40. The molecule has 0 unspecified atom stereocenters. The molecular weight excluding hydrogens is 252 g/mol. The number of aliphatic hydroxyl groups excluding tert-OH is 1. The third kappa shape index (κ3) is 3.14. The molecule has 0 saturated carbocycles. The van der Waals surface area contributed by atoms with E-state index >= 15 is 0 Å². The van der Waals surface area contributed by atoms with Crippen LogP contribution in [0.2, 0.25) is 0 Å². The minimum Gasteiger partial charge on any atom is -0.396 e. The zero-order valence-corrected chi connectivity index (χ0v) is 12.1. The smallest absolute Gasteiger partial charge is 0.252 e. The van der Waals surface area contributed by atoms with Crippen LogP contribution in [0.5, 0.6) is 0 Å². The highest BCUT2D eigenvalue weighted by Crippen LogP contribution is 2.19. The Morgan fingerprint density at radius 2 is 2.05 bits per heavy atom. The van der Waals surface area contributed by atoms with Crippen LogP contribution in [0.25, 0.3) is 10.9 Å². The predicted molar refractivity (Wildman–Crippen MR) is 79.7 cm³/mol. The number of aromatic nitrogens is 1. The number of carbonyl (C=O) groups is 1. The van der Waals surface area contributed by atoms with Crippen LogP contribution in [0.4, 0.5) is 0 Å². The fourth-order valence-corrected chi connectivity index (χ4v) is 2.21. The molecule has 0 spiro atoms. The molecule has 2 aromatic rings. The number of para-hydroxylation sites is 1. The van der Waals surface area contributed by atoms with E-state index in [1.165, 1.54) is 0 Å². The van der Waals surface area contributed by atoms with E-state index in [1.807, 2.05) is 45.0 Å². The predicted octanol–water partition coefficient (Wildman–Crippen LogP) is 2.43. The van der Waals surface area contributed by atoms with Crippen LogP contribution in [0.1, 0.15) is 36.3 Å². The van der Waals surface area contributed by atoms with Crippen molar-refractivity contribution in [2.75, 3.05) is 6.61 Å². The lowest BCUT2D eigenvalue weighted by Crippen LogP contribution is -2.44. The lowest BCUT2D eigenvalue weighted by atomic mass is 9.99. The summed E-state index contributed by atoms with van der Waals surface area (Å²) in [6.45, 7) is 5.72. The molecule has 1 heterocycles. The number of pyridine rings is 1. The molecule has 2 rings (SSSR count). The second-order valence-corrected chi connectivity index (χ2v) is 5.64. The number of aliphatic hydroxyl groups is 1. The van der Waals surface area contributed by atoms with E-state index in [1.54, 1.807) is 6.07 Å². The Hall–Kier alpha value is -1.94. The first-order chi connectivity index (χ1) is 9.43. The molecule has 0 bridgehead atoms. The number of carbonyl (C=O) groups excluding carboxylic acids is 1. The van der Waals surface area contributed by atoms with Crippen molar-refractivity contribution in [2.24, 2.45) is 0 Å². The van der Waals surface area contributed by atoms with Gasteiger partial charge in [-0.1, -0.05) is 18.2 Å². The van der Waals surface area contributed by atoms with Crippen molar-refractivity contribution >= 4 is 16.8 Å². The fourth-order valence-electron chi connectivity index (χ4n) is 2.21. The summed E-state index contributed by atoms with van der Waals surface area (Å²) in [6.07, 6.45) is 0.515. The molecule has 4 heteroatoms. The summed E-state index contributed by atoms with van der Waals surface area (Å²) >= 11 is 0. The first kappa shape index (κ1) is 14.5. The molecule has 1 aromatic carbocycles. The maximum atomic E-state index is 12.5. The van der Waals surface area contributed by atoms with Gasteiger partial charge in [-0.3, -0.25) is 9.78 Å². The van der Waals surface area contributed by atoms with Crippen molar-refractivity contribution in [3.63, 3.8) is 0 Å². The molecule has 0 aliphatic rings. The fraction of sp³-hybridized carbons (Fsp3) is 0.375. The van der Waals surface area contributed by atoms with Gasteiger partial charge < -0.3 is 10.4 Å². The maximum Gasteiger partial charge on any atom is 0.252 e. The summed E-state index contributed by atoms with van der Waals surface area (Å²) < 4.78 is 0. The molecule has 0 fully saturated rings. The Morgan fingerprint density at radius 1 is 1.35 bits per heavy atom. The van der Waals surface area contributed by atoms with Crippen molar-refractivity contribution in [3.05, 3.63) is 41.6 Å². The van der Waals surface area contributed by atoms with Gasteiger partial charge in [0.1, 0.15) is 0 Å². The minimum absolute atomic E-state index is 0.0450. The molecule has 106 valence electrons. The van der Waals surface area contributed by atoms with E-state index in [0.29, 0.717) is 12.0 Å². The summed E-state index contributed by atoms with van der Waals surface area (Å²) in [7, 11) is 0. The normalized spacial score (nSPS) is 11.6. The Labute approximate surface area is 118 Å². The highest BCUT2D eigenvalue weighted by molar-refractivity contribution is 6.06. The van der Waals surface area contributed by atoms with E-state index < -0.39 is 5.54 Å². The van der Waals surface area contributed by atoms with Gasteiger partial charge in [0.2, 0.25) is 0 Å². The van der Waals surface area contributed by atoms with Gasteiger partial charge >= 0.3 is 0 Å². The number of hydrogen-bond donors (Lipinski definition) is 2. The summed E-state index contributed by atoms with van der Waals surface area (Å²) in [4.78, 5) is 16.9. The first-order valence-corrected chi connectivity index (χ1v) is 6.73. The molecule has 2 N–H and O–H groups in total. The molecular formula is C16H20N2O2. The van der Waals surface area contributed by atoms with Crippen molar-refractivity contribution < 1.29 is 9.90 Å². The standard InChI is InChI=1S/C16H20N2O2/c1-11-10-13(12-6-4-5-7-14(12)17-11)15(20)18-16(2,3)8-9-19/h4-7,10,19H,8-9H2,1-3H3,(H,18,20). The highest BCUT2D eigenvalue weighted by Gasteiger charge is 2.22. The molecule has 1 amide bonds. The largest absolute Gasteiger partial charge is 0.396 e. The number of hydrogen-bond acceptors (Lipinski definition) is 3. The SMILES string of the molecule is Cc1cc(C(=O)NC(C)(C)CCO)c2ccccc2n1. The topological polar surface area (TPSA) is 62.2 Å². The molecule has 0 saturated heterocycles. The van der Waals surface area contributed by atoms with Crippen molar-refractivity contribution in [1.29, 1.82) is 0 Å². The summed E-state index contributed by atoms with van der Waals surface area (Å²) in [5.41, 5.74) is 1.81. The van der Waals surface area contributed by atoms with E-state index in [9.17, 15) is 4.79 Å². The summed E-state index contributed by atoms with van der Waals surface area (Å²) in [5.74, 6) is -0.134. The third-order valence-electron chi connectivity index (χ3n) is 3.28. The monoisotopic (exact) mass is 272 g/mol. The zero-order valence-electron chi connectivity index (χ0n) is 12.1. The Balaban J connectivity index is 2.39. The quantitative estimate of drug-likeness (QED) is 0.898. The zero-order chi connectivity index (χ0) is 14.8. The molecule has 20 heavy (non-hydrogen) atoms. The number of fused-ring (bicyclic) bond motifs is 1. The Bertz CT molecular complexity index is 635. The minimum atomic E-state index is -0.440.